The van der Waals surface area contributed by atoms with Crippen LogP contribution in [-0.2, 0) is 16.1 Å². The minimum absolute atomic E-state index is 0.267. The fourth-order valence-electron chi connectivity index (χ4n) is 2.84. The lowest BCUT2D eigenvalue weighted by Gasteiger charge is -2.19. The zero-order valence-electron chi connectivity index (χ0n) is 12.4. The molecular formula is C15H17BrN4O3. The molecule has 1 atom stereocenters. The van der Waals surface area contributed by atoms with Crippen LogP contribution in [0.1, 0.15) is 12.0 Å². The van der Waals surface area contributed by atoms with Crippen LogP contribution in [0.15, 0.2) is 28.7 Å². The van der Waals surface area contributed by atoms with Gasteiger partial charge in [-0.2, -0.15) is 0 Å². The molecule has 0 aromatic heterocycles. The summed E-state index contributed by atoms with van der Waals surface area (Å²) in [5.41, 5.74) is 0.0503. The number of halogens is 1. The predicted molar refractivity (Wildman–Crippen MR) is 86.5 cm³/mol. The number of amides is 4. The highest BCUT2D eigenvalue weighted by atomic mass is 79.9. The van der Waals surface area contributed by atoms with Gasteiger partial charge >= 0.3 is 6.03 Å². The second-order valence-corrected chi connectivity index (χ2v) is 6.55. The molecule has 1 aromatic carbocycles. The first-order valence-electron chi connectivity index (χ1n) is 7.37. The van der Waals surface area contributed by atoms with Crippen molar-refractivity contribution < 1.29 is 14.4 Å². The molecule has 23 heavy (non-hydrogen) atoms. The number of hydrogen-bond donors (Lipinski definition) is 3. The Balaban J connectivity index is 1.59. The van der Waals surface area contributed by atoms with E-state index < -0.39 is 11.6 Å². The van der Waals surface area contributed by atoms with Crippen LogP contribution in [0.3, 0.4) is 0 Å². The molecule has 0 saturated carbocycles. The molecule has 3 rings (SSSR count). The molecule has 3 N–H and O–H groups in total. The Hall–Kier alpha value is -1.93. The quantitative estimate of drug-likeness (QED) is 0.657. The summed E-state index contributed by atoms with van der Waals surface area (Å²) in [6, 6.07) is 7.03. The molecule has 8 heteroatoms. The molecule has 2 aliphatic heterocycles. The second kappa shape index (κ2) is 6.29. The number of nitrogens with zero attached hydrogens (tertiary/aromatic N) is 1. The van der Waals surface area contributed by atoms with E-state index in [2.05, 4.69) is 31.9 Å². The maximum Gasteiger partial charge on any atom is 0.325 e. The number of imide groups is 1. The first-order valence-corrected chi connectivity index (χ1v) is 8.16. The summed E-state index contributed by atoms with van der Waals surface area (Å²) in [5, 5.41) is 8.50. The van der Waals surface area contributed by atoms with Gasteiger partial charge in [0.1, 0.15) is 12.1 Å². The van der Waals surface area contributed by atoms with E-state index in [0.29, 0.717) is 26.1 Å². The van der Waals surface area contributed by atoms with Gasteiger partial charge in [-0.05, 0) is 24.6 Å². The highest BCUT2D eigenvalue weighted by Gasteiger charge is 2.52. The Morgan fingerprint density at radius 2 is 2.13 bits per heavy atom. The number of rotatable bonds is 4. The monoisotopic (exact) mass is 380 g/mol. The topological polar surface area (TPSA) is 90.5 Å². The molecule has 0 radical (unpaired) electrons. The van der Waals surface area contributed by atoms with Crippen molar-refractivity contribution in [3.8, 4) is 0 Å². The first-order chi connectivity index (χ1) is 11.0. The molecular weight excluding hydrogens is 364 g/mol. The summed E-state index contributed by atoms with van der Waals surface area (Å²) in [7, 11) is 0. The molecule has 2 aliphatic rings. The van der Waals surface area contributed by atoms with Gasteiger partial charge in [-0.25, -0.2) is 4.79 Å². The average molecular weight is 381 g/mol. The van der Waals surface area contributed by atoms with Crippen LogP contribution >= 0.6 is 15.9 Å². The van der Waals surface area contributed by atoms with Crippen molar-refractivity contribution >= 4 is 33.8 Å². The van der Waals surface area contributed by atoms with Crippen molar-refractivity contribution in [3.63, 3.8) is 0 Å². The lowest BCUT2D eigenvalue weighted by molar-refractivity contribution is -0.134. The maximum atomic E-state index is 12.4. The smallest absolute Gasteiger partial charge is 0.325 e. The van der Waals surface area contributed by atoms with E-state index in [1.807, 2.05) is 24.3 Å². The molecule has 2 heterocycles. The van der Waals surface area contributed by atoms with Gasteiger partial charge in [0.2, 0.25) is 5.91 Å². The number of urea groups is 1. The Labute approximate surface area is 141 Å². The van der Waals surface area contributed by atoms with Crippen LogP contribution in [0.5, 0.6) is 0 Å². The second-order valence-electron chi connectivity index (χ2n) is 5.70. The number of carbonyl (C=O) groups excluding carboxylic acids is 3. The standard InChI is InChI=1S/C15H17BrN4O3/c16-11-4-2-1-3-10(11)7-18-12(21)8-20-13(22)15(19-14(20)23)5-6-17-9-15/h1-4,17H,5-9H2,(H,18,21)(H,19,23). The van der Waals surface area contributed by atoms with E-state index in [4.69, 9.17) is 0 Å². The third kappa shape index (κ3) is 3.09. The molecule has 1 unspecified atom stereocenters. The van der Waals surface area contributed by atoms with Crippen molar-refractivity contribution in [3.05, 3.63) is 34.3 Å². The van der Waals surface area contributed by atoms with Crippen molar-refractivity contribution in [2.24, 2.45) is 0 Å². The highest BCUT2D eigenvalue weighted by molar-refractivity contribution is 9.10. The Morgan fingerprint density at radius 3 is 2.83 bits per heavy atom. The third-order valence-electron chi connectivity index (χ3n) is 4.14. The van der Waals surface area contributed by atoms with Crippen LogP contribution < -0.4 is 16.0 Å². The first kappa shape index (κ1) is 15.9. The van der Waals surface area contributed by atoms with Gasteiger partial charge in [0, 0.05) is 17.6 Å². The zero-order chi connectivity index (χ0) is 16.4. The third-order valence-corrected chi connectivity index (χ3v) is 4.91. The molecule has 1 aromatic rings. The average Bonchev–Trinajstić information content (AvgIpc) is 3.08. The molecule has 7 nitrogen and oxygen atoms in total. The molecule has 2 fully saturated rings. The lowest BCUT2D eigenvalue weighted by atomic mass is 9.99. The molecule has 0 aliphatic carbocycles. The number of benzene rings is 1. The Bertz CT molecular complexity index is 658. The van der Waals surface area contributed by atoms with Crippen molar-refractivity contribution in [2.45, 2.75) is 18.5 Å². The molecule has 0 bridgehead atoms. The largest absolute Gasteiger partial charge is 0.350 e. The van der Waals surface area contributed by atoms with Crippen LogP contribution in [-0.4, -0.2) is 47.9 Å². The van der Waals surface area contributed by atoms with Gasteiger partial charge in [-0.3, -0.25) is 14.5 Å². The molecule has 4 amide bonds. The maximum absolute atomic E-state index is 12.4. The van der Waals surface area contributed by atoms with Gasteiger partial charge in [0.25, 0.3) is 5.91 Å². The van der Waals surface area contributed by atoms with Gasteiger partial charge in [0.15, 0.2) is 0 Å². The van der Waals surface area contributed by atoms with Crippen molar-refractivity contribution in [2.75, 3.05) is 19.6 Å². The lowest BCUT2D eigenvalue weighted by Crippen LogP contribution is -2.49. The van der Waals surface area contributed by atoms with Gasteiger partial charge in [-0.1, -0.05) is 34.1 Å². The fourth-order valence-corrected chi connectivity index (χ4v) is 3.26. The van der Waals surface area contributed by atoms with Crippen molar-refractivity contribution in [1.82, 2.24) is 20.9 Å². The van der Waals surface area contributed by atoms with Gasteiger partial charge < -0.3 is 16.0 Å². The van der Waals surface area contributed by atoms with Gasteiger partial charge in [0.05, 0.1) is 0 Å². The Kier molecular flexibility index (Phi) is 4.36. The van der Waals surface area contributed by atoms with E-state index >= 15 is 0 Å². The molecule has 2 saturated heterocycles. The minimum atomic E-state index is -0.875. The van der Waals surface area contributed by atoms with E-state index in [1.165, 1.54) is 0 Å². The van der Waals surface area contributed by atoms with Crippen molar-refractivity contribution in [1.29, 1.82) is 0 Å². The summed E-state index contributed by atoms with van der Waals surface area (Å²) in [6.07, 6.45) is 0.548. The summed E-state index contributed by atoms with van der Waals surface area (Å²) < 4.78 is 0.895. The van der Waals surface area contributed by atoms with E-state index in [-0.39, 0.29) is 18.4 Å². The summed E-state index contributed by atoms with van der Waals surface area (Å²) in [5.74, 6) is -0.698. The normalized spacial score (nSPS) is 23.4. The SMILES string of the molecule is O=C(CN1C(=O)NC2(CCNC2)C1=O)NCc1ccccc1Br. The van der Waals surface area contributed by atoms with Crippen LogP contribution in [0.2, 0.25) is 0 Å². The molecule has 122 valence electrons. The van der Waals surface area contributed by atoms with Crippen LogP contribution in [0.4, 0.5) is 4.79 Å². The number of hydrogen-bond acceptors (Lipinski definition) is 4. The predicted octanol–water partition coefficient (Wildman–Crippen LogP) is 0.349. The van der Waals surface area contributed by atoms with E-state index in [0.717, 1.165) is 14.9 Å². The Morgan fingerprint density at radius 1 is 1.35 bits per heavy atom. The molecule has 1 spiro atoms. The number of carbonyl (C=O) groups is 3. The van der Waals surface area contributed by atoms with Crippen LogP contribution in [0.25, 0.3) is 0 Å². The van der Waals surface area contributed by atoms with E-state index in [9.17, 15) is 14.4 Å². The van der Waals surface area contributed by atoms with Crippen LogP contribution in [0, 0.1) is 0 Å². The fraction of sp³-hybridized carbons (Fsp3) is 0.400. The number of nitrogens with one attached hydrogen (secondary N) is 3. The highest BCUT2D eigenvalue weighted by Crippen LogP contribution is 2.24. The van der Waals surface area contributed by atoms with Gasteiger partial charge in [-0.15, -0.1) is 0 Å². The summed E-state index contributed by atoms with van der Waals surface area (Å²) in [6.45, 7) is 1.15. The summed E-state index contributed by atoms with van der Waals surface area (Å²) in [4.78, 5) is 37.5. The zero-order valence-corrected chi connectivity index (χ0v) is 14.0. The minimum Gasteiger partial charge on any atom is -0.350 e. The summed E-state index contributed by atoms with van der Waals surface area (Å²) >= 11 is 3.41. The van der Waals surface area contributed by atoms with E-state index in [1.54, 1.807) is 0 Å².